The molecular weight excluding hydrogens is 308 g/mol. The number of nitrogens with zero attached hydrogens (tertiary/aromatic N) is 1. The van der Waals surface area contributed by atoms with Gasteiger partial charge < -0.3 is 10.1 Å². The molecule has 0 spiro atoms. The third kappa shape index (κ3) is 3.24. The van der Waals surface area contributed by atoms with Crippen LogP contribution in [0.4, 0.5) is 5.69 Å². The van der Waals surface area contributed by atoms with Crippen LogP contribution in [0.1, 0.15) is 22.8 Å². The lowest BCUT2D eigenvalue weighted by atomic mass is 9.97. The van der Waals surface area contributed by atoms with Crippen molar-refractivity contribution in [3.8, 4) is 6.07 Å². The lowest BCUT2D eigenvalue weighted by Gasteiger charge is -2.25. The van der Waals surface area contributed by atoms with E-state index in [9.17, 15) is 4.79 Å². The van der Waals surface area contributed by atoms with Crippen LogP contribution in [0.2, 0.25) is 0 Å². The third-order valence-corrected chi connectivity index (χ3v) is 4.61. The minimum Gasteiger partial charge on any atom is -0.363 e. The van der Waals surface area contributed by atoms with Crippen LogP contribution in [0.3, 0.4) is 0 Å². The van der Waals surface area contributed by atoms with Gasteiger partial charge in [0.25, 0.3) is 5.91 Å². The zero-order valence-corrected chi connectivity index (χ0v) is 13.5. The summed E-state index contributed by atoms with van der Waals surface area (Å²) in [6.07, 6.45) is 2.14. The topological polar surface area (TPSA) is 62.1 Å². The molecule has 0 bridgehead atoms. The zero-order chi connectivity index (χ0) is 16.2. The summed E-state index contributed by atoms with van der Waals surface area (Å²) < 4.78 is 5.68. The molecule has 4 nitrogen and oxygen atoms in total. The summed E-state index contributed by atoms with van der Waals surface area (Å²) in [6.45, 7) is 0.530. The van der Waals surface area contributed by atoms with E-state index in [1.165, 1.54) is 11.8 Å². The summed E-state index contributed by atoms with van der Waals surface area (Å²) >= 11 is 1.52. The fourth-order valence-corrected chi connectivity index (χ4v) is 3.22. The second-order valence-corrected chi connectivity index (χ2v) is 6.06. The molecule has 5 heteroatoms. The average Bonchev–Trinajstić information content (AvgIpc) is 2.61. The number of nitriles is 1. The van der Waals surface area contributed by atoms with Gasteiger partial charge in [0.2, 0.25) is 0 Å². The molecule has 1 heterocycles. The van der Waals surface area contributed by atoms with Crippen molar-refractivity contribution >= 4 is 23.4 Å². The van der Waals surface area contributed by atoms with Crippen LogP contribution < -0.4 is 5.32 Å². The molecule has 2 aromatic carbocycles. The van der Waals surface area contributed by atoms with Gasteiger partial charge in [-0.05, 0) is 42.0 Å². The first-order chi connectivity index (χ1) is 11.2. The number of nitrogens with one attached hydrogen (secondary N) is 1. The molecule has 0 aliphatic carbocycles. The molecular formula is C18H16N2O2S. The zero-order valence-electron chi connectivity index (χ0n) is 12.7. The molecule has 3 rings (SSSR count). The lowest BCUT2D eigenvalue weighted by molar-refractivity contribution is -0.128. The molecule has 1 aliphatic heterocycles. The number of rotatable bonds is 3. The lowest BCUT2D eigenvalue weighted by Crippen LogP contribution is -2.28. The van der Waals surface area contributed by atoms with Crippen LogP contribution in [-0.4, -0.2) is 18.8 Å². The van der Waals surface area contributed by atoms with Crippen molar-refractivity contribution in [3.05, 3.63) is 59.2 Å². The molecule has 0 radical (unpaired) electrons. The highest BCUT2D eigenvalue weighted by Gasteiger charge is 2.27. The predicted octanol–water partition coefficient (Wildman–Crippen LogP) is 3.53. The maximum atomic E-state index is 12.7. The van der Waals surface area contributed by atoms with Crippen LogP contribution in [0.5, 0.6) is 0 Å². The summed E-state index contributed by atoms with van der Waals surface area (Å²) in [5.74, 6) is -0.206. The van der Waals surface area contributed by atoms with E-state index < -0.39 is 6.10 Å². The number of hydrogen-bond acceptors (Lipinski definition) is 4. The number of anilines is 1. The van der Waals surface area contributed by atoms with Crippen molar-refractivity contribution in [1.82, 2.24) is 0 Å². The van der Waals surface area contributed by atoms with Gasteiger partial charge in [-0.15, -0.1) is 11.8 Å². The van der Waals surface area contributed by atoms with Crippen molar-refractivity contribution < 1.29 is 9.53 Å². The largest absolute Gasteiger partial charge is 0.363 e. The van der Waals surface area contributed by atoms with Crippen LogP contribution in [0.25, 0.3) is 0 Å². The normalized spacial score (nSPS) is 16.3. The van der Waals surface area contributed by atoms with Gasteiger partial charge >= 0.3 is 0 Å². The van der Waals surface area contributed by atoms with Gasteiger partial charge in [0, 0.05) is 4.90 Å². The van der Waals surface area contributed by atoms with Crippen molar-refractivity contribution in [3.63, 3.8) is 0 Å². The Labute approximate surface area is 139 Å². The molecule has 1 aliphatic rings. The van der Waals surface area contributed by atoms with Gasteiger partial charge in [-0.25, -0.2) is 0 Å². The first-order valence-electron chi connectivity index (χ1n) is 7.31. The Morgan fingerprint density at radius 3 is 2.96 bits per heavy atom. The van der Waals surface area contributed by atoms with Crippen molar-refractivity contribution in [1.29, 1.82) is 5.26 Å². The molecule has 2 aromatic rings. The standard InChI is InChI=1S/C18H16N2O2S/c1-23-16-7-6-12(11-19)10-15(16)20-18(21)17-14-5-3-2-4-13(14)8-9-22-17/h2-7,10,17H,8-9H2,1H3,(H,20,21)/t17-/m1/s1. The second-order valence-electron chi connectivity index (χ2n) is 5.22. The molecule has 1 amide bonds. The Hall–Kier alpha value is -2.29. The maximum absolute atomic E-state index is 12.7. The molecule has 1 atom stereocenters. The van der Waals surface area contributed by atoms with Gasteiger partial charge in [0.05, 0.1) is 23.9 Å². The number of carbonyl (C=O) groups is 1. The van der Waals surface area contributed by atoms with Crippen molar-refractivity contribution in [2.24, 2.45) is 0 Å². The predicted molar refractivity (Wildman–Crippen MR) is 90.4 cm³/mol. The van der Waals surface area contributed by atoms with E-state index in [-0.39, 0.29) is 5.91 Å². The highest BCUT2D eigenvalue weighted by molar-refractivity contribution is 7.98. The molecule has 1 N–H and O–H groups in total. The molecule has 0 saturated heterocycles. The van der Waals surface area contributed by atoms with Crippen LogP contribution in [-0.2, 0) is 16.0 Å². The summed E-state index contributed by atoms with van der Waals surface area (Å²) in [7, 11) is 0. The second kappa shape index (κ2) is 6.86. The van der Waals surface area contributed by atoms with Crippen LogP contribution >= 0.6 is 11.8 Å². The van der Waals surface area contributed by atoms with E-state index in [1.807, 2.05) is 36.6 Å². The highest BCUT2D eigenvalue weighted by Crippen LogP contribution is 2.31. The number of benzene rings is 2. The Kier molecular flexibility index (Phi) is 4.65. The van der Waals surface area contributed by atoms with Gasteiger partial charge in [0.15, 0.2) is 6.10 Å². The smallest absolute Gasteiger partial charge is 0.258 e. The van der Waals surface area contributed by atoms with Crippen LogP contribution in [0.15, 0.2) is 47.4 Å². The van der Waals surface area contributed by atoms with Gasteiger partial charge in [0.1, 0.15) is 0 Å². The molecule has 0 saturated carbocycles. The highest BCUT2D eigenvalue weighted by atomic mass is 32.2. The summed E-state index contributed by atoms with van der Waals surface area (Å²) in [5, 5.41) is 12.0. The van der Waals surface area contributed by atoms with Gasteiger partial charge in [-0.1, -0.05) is 24.3 Å². The van der Waals surface area contributed by atoms with Crippen molar-refractivity contribution in [2.75, 3.05) is 18.2 Å². The maximum Gasteiger partial charge on any atom is 0.258 e. The number of thioether (sulfide) groups is 1. The summed E-state index contributed by atoms with van der Waals surface area (Å²) in [4.78, 5) is 13.6. The van der Waals surface area contributed by atoms with Crippen molar-refractivity contribution in [2.45, 2.75) is 17.4 Å². The van der Waals surface area contributed by atoms with E-state index >= 15 is 0 Å². The van der Waals surface area contributed by atoms with E-state index in [4.69, 9.17) is 10.00 Å². The Balaban J connectivity index is 1.87. The Morgan fingerprint density at radius 1 is 1.35 bits per heavy atom. The fraction of sp³-hybridized carbons (Fsp3) is 0.222. The number of hydrogen-bond donors (Lipinski definition) is 1. The monoisotopic (exact) mass is 324 g/mol. The quantitative estimate of drug-likeness (QED) is 0.877. The fourth-order valence-electron chi connectivity index (χ4n) is 2.68. The average molecular weight is 324 g/mol. The number of ether oxygens (including phenoxy) is 1. The van der Waals surface area contributed by atoms with Gasteiger partial charge in [-0.2, -0.15) is 5.26 Å². The Morgan fingerprint density at radius 2 is 2.17 bits per heavy atom. The molecule has 0 aromatic heterocycles. The third-order valence-electron chi connectivity index (χ3n) is 3.82. The molecule has 23 heavy (non-hydrogen) atoms. The number of fused-ring (bicyclic) bond motifs is 1. The first kappa shape index (κ1) is 15.6. The van der Waals surface area contributed by atoms with Crippen LogP contribution in [0, 0.1) is 11.3 Å². The minimum absolute atomic E-state index is 0.206. The molecule has 0 fully saturated rings. The van der Waals surface area contributed by atoms with Gasteiger partial charge in [-0.3, -0.25) is 4.79 Å². The summed E-state index contributed by atoms with van der Waals surface area (Å²) in [6, 6.07) is 15.2. The number of amides is 1. The first-order valence-corrected chi connectivity index (χ1v) is 8.54. The number of carbonyl (C=O) groups excluding carboxylic acids is 1. The SMILES string of the molecule is CSc1ccc(C#N)cc1NC(=O)[C@@H]1OCCc2ccccc21. The molecule has 0 unspecified atom stereocenters. The van der Waals surface area contributed by atoms with E-state index in [2.05, 4.69) is 11.4 Å². The van der Waals surface area contributed by atoms with E-state index in [0.717, 1.165) is 22.4 Å². The van der Waals surface area contributed by atoms with E-state index in [0.29, 0.717) is 17.9 Å². The Bertz CT molecular complexity index is 783. The molecule has 116 valence electrons. The minimum atomic E-state index is -0.611. The summed E-state index contributed by atoms with van der Waals surface area (Å²) in [5.41, 5.74) is 3.23. The van der Waals surface area contributed by atoms with E-state index in [1.54, 1.807) is 12.1 Å².